The van der Waals surface area contributed by atoms with Crippen LogP contribution in [0, 0.1) is 20.8 Å². The lowest BCUT2D eigenvalue weighted by atomic mass is 10.1. The third-order valence-corrected chi connectivity index (χ3v) is 5.03. The Kier molecular flexibility index (Phi) is 4.66. The molecule has 0 unspecified atom stereocenters. The number of nitrogens with zero attached hydrogens (tertiary/aromatic N) is 4. The highest BCUT2D eigenvalue weighted by Gasteiger charge is 2.15. The van der Waals surface area contributed by atoms with Gasteiger partial charge in [0.2, 0.25) is 5.91 Å². The highest BCUT2D eigenvalue weighted by Crippen LogP contribution is 2.18. The Morgan fingerprint density at radius 1 is 1.33 bits per heavy atom. The van der Waals surface area contributed by atoms with Gasteiger partial charge in [-0.1, -0.05) is 0 Å². The first-order valence-electron chi connectivity index (χ1n) is 8.03. The van der Waals surface area contributed by atoms with E-state index in [4.69, 9.17) is 0 Å². The second kappa shape index (κ2) is 6.73. The number of aryl methyl sites for hydroxylation is 3. The molecule has 6 heteroatoms. The maximum Gasteiger partial charge on any atom is 0.222 e. The first kappa shape index (κ1) is 16.6. The summed E-state index contributed by atoms with van der Waals surface area (Å²) in [5.41, 5.74) is 6.16. The summed E-state index contributed by atoms with van der Waals surface area (Å²) in [6.45, 7) is 6.68. The lowest BCUT2D eigenvalue weighted by Crippen LogP contribution is -2.26. The zero-order valence-electron chi connectivity index (χ0n) is 14.5. The Labute approximate surface area is 145 Å². The molecule has 3 aromatic rings. The fourth-order valence-electron chi connectivity index (χ4n) is 2.97. The fourth-order valence-corrected chi connectivity index (χ4v) is 3.63. The van der Waals surface area contributed by atoms with Gasteiger partial charge in [0, 0.05) is 37.5 Å². The van der Waals surface area contributed by atoms with Gasteiger partial charge in [0.15, 0.2) is 5.65 Å². The molecule has 0 aliphatic heterocycles. The van der Waals surface area contributed by atoms with Gasteiger partial charge < -0.3 is 4.90 Å². The van der Waals surface area contributed by atoms with Gasteiger partial charge in [-0.05, 0) is 55.1 Å². The summed E-state index contributed by atoms with van der Waals surface area (Å²) in [5.74, 6) is 0.150. The lowest BCUT2D eigenvalue weighted by molar-refractivity contribution is -0.130. The van der Waals surface area contributed by atoms with Gasteiger partial charge in [-0.15, -0.1) is 0 Å². The van der Waals surface area contributed by atoms with Crippen LogP contribution >= 0.6 is 11.3 Å². The van der Waals surface area contributed by atoms with Crippen molar-refractivity contribution in [1.82, 2.24) is 19.5 Å². The molecule has 0 saturated carbocycles. The van der Waals surface area contributed by atoms with E-state index in [-0.39, 0.29) is 5.91 Å². The van der Waals surface area contributed by atoms with E-state index >= 15 is 0 Å². The molecule has 5 nitrogen and oxygen atoms in total. The van der Waals surface area contributed by atoms with Crippen molar-refractivity contribution in [3.8, 4) is 0 Å². The molecule has 0 atom stereocenters. The molecule has 24 heavy (non-hydrogen) atoms. The van der Waals surface area contributed by atoms with Crippen LogP contribution < -0.4 is 0 Å². The molecule has 3 heterocycles. The zero-order chi connectivity index (χ0) is 17.3. The smallest absolute Gasteiger partial charge is 0.222 e. The van der Waals surface area contributed by atoms with Gasteiger partial charge >= 0.3 is 0 Å². The Morgan fingerprint density at radius 3 is 2.83 bits per heavy atom. The molecule has 1 amide bonds. The minimum absolute atomic E-state index is 0.150. The second-order valence-electron chi connectivity index (χ2n) is 6.20. The molecular weight excluding hydrogens is 320 g/mol. The Balaban J connectivity index is 1.72. The van der Waals surface area contributed by atoms with E-state index in [0.717, 1.165) is 28.3 Å². The second-order valence-corrected chi connectivity index (χ2v) is 6.98. The number of hydrogen-bond acceptors (Lipinski definition) is 4. The maximum atomic E-state index is 12.4. The number of aromatic nitrogens is 3. The van der Waals surface area contributed by atoms with Crippen molar-refractivity contribution in [3.05, 3.63) is 51.1 Å². The molecule has 3 aromatic heterocycles. The highest BCUT2D eigenvalue weighted by atomic mass is 32.1. The minimum atomic E-state index is 0.150. The Morgan fingerprint density at radius 2 is 2.12 bits per heavy atom. The fraction of sp³-hybridized carbons (Fsp3) is 0.389. The van der Waals surface area contributed by atoms with E-state index in [1.54, 1.807) is 16.2 Å². The number of thiophene rings is 1. The first-order valence-corrected chi connectivity index (χ1v) is 8.97. The number of rotatable bonds is 5. The van der Waals surface area contributed by atoms with Crippen molar-refractivity contribution in [2.75, 3.05) is 7.05 Å². The molecule has 0 bridgehead atoms. The SMILES string of the molecule is Cc1cc2nc(C)c(CCC(=O)N(C)Cc3ccsc3)c(C)n2n1. The van der Waals surface area contributed by atoms with E-state index in [1.165, 1.54) is 5.56 Å². The minimum Gasteiger partial charge on any atom is -0.341 e. The van der Waals surface area contributed by atoms with Crippen LogP contribution in [0.1, 0.15) is 34.6 Å². The normalized spacial score (nSPS) is 11.2. The average Bonchev–Trinajstić information content (AvgIpc) is 3.15. The molecule has 0 N–H and O–H groups in total. The summed E-state index contributed by atoms with van der Waals surface area (Å²) in [6, 6.07) is 4.03. The van der Waals surface area contributed by atoms with Crippen LogP contribution in [0.3, 0.4) is 0 Å². The largest absolute Gasteiger partial charge is 0.341 e. The van der Waals surface area contributed by atoms with Crippen molar-refractivity contribution < 1.29 is 4.79 Å². The van der Waals surface area contributed by atoms with Gasteiger partial charge in [-0.25, -0.2) is 9.50 Å². The molecule has 0 spiro atoms. The van der Waals surface area contributed by atoms with E-state index in [2.05, 4.69) is 21.5 Å². The van der Waals surface area contributed by atoms with E-state index in [0.29, 0.717) is 19.4 Å². The molecule has 0 saturated heterocycles. The van der Waals surface area contributed by atoms with Crippen LogP contribution in [0.5, 0.6) is 0 Å². The maximum absolute atomic E-state index is 12.4. The first-order chi connectivity index (χ1) is 11.5. The van der Waals surface area contributed by atoms with Crippen LogP contribution in [-0.2, 0) is 17.8 Å². The van der Waals surface area contributed by atoms with E-state index in [1.807, 2.05) is 43.8 Å². The zero-order valence-corrected chi connectivity index (χ0v) is 15.4. The van der Waals surface area contributed by atoms with Gasteiger partial charge in [-0.3, -0.25) is 4.79 Å². The summed E-state index contributed by atoms with van der Waals surface area (Å²) < 4.78 is 1.87. The Bertz CT molecular complexity index is 867. The van der Waals surface area contributed by atoms with Crippen molar-refractivity contribution in [2.24, 2.45) is 0 Å². The number of carbonyl (C=O) groups excluding carboxylic acids is 1. The van der Waals surface area contributed by atoms with Crippen LogP contribution in [0.4, 0.5) is 0 Å². The topological polar surface area (TPSA) is 50.5 Å². The molecular formula is C18H22N4OS. The highest BCUT2D eigenvalue weighted by molar-refractivity contribution is 7.07. The third kappa shape index (κ3) is 3.33. The lowest BCUT2D eigenvalue weighted by Gasteiger charge is -2.17. The number of hydrogen-bond donors (Lipinski definition) is 0. The van der Waals surface area contributed by atoms with Crippen LogP contribution in [0.2, 0.25) is 0 Å². The van der Waals surface area contributed by atoms with Crippen molar-refractivity contribution >= 4 is 22.9 Å². The number of fused-ring (bicyclic) bond motifs is 1. The van der Waals surface area contributed by atoms with Gasteiger partial charge in [0.05, 0.1) is 5.69 Å². The molecule has 3 rings (SSSR count). The summed E-state index contributed by atoms with van der Waals surface area (Å²) in [6.07, 6.45) is 1.17. The van der Waals surface area contributed by atoms with Crippen molar-refractivity contribution in [3.63, 3.8) is 0 Å². The van der Waals surface area contributed by atoms with E-state index < -0.39 is 0 Å². The summed E-state index contributed by atoms with van der Waals surface area (Å²) >= 11 is 1.65. The summed E-state index contributed by atoms with van der Waals surface area (Å²) in [4.78, 5) is 18.8. The quantitative estimate of drug-likeness (QED) is 0.715. The summed E-state index contributed by atoms with van der Waals surface area (Å²) in [7, 11) is 1.86. The van der Waals surface area contributed by atoms with Crippen molar-refractivity contribution in [1.29, 1.82) is 0 Å². The predicted molar refractivity (Wildman–Crippen MR) is 96.3 cm³/mol. The van der Waals surface area contributed by atoms with E-state index in [9.17, 15) is 4.79 Å². The molecule has 0 fully saturated rings. The number of carbonyl (C=O) groups is 1. The number of amides is 1. The van der Waals surface area contributed by atoms with Crippen LogP contribution in [-0.4, -0.2) is 32.5 Å². The predicted octanol–water partition coefficient (Wildman–Crippen LogP) is 3.31. The van der Waals surface area contributed by atoms with Gasteiger partial charge in [0.1, 0.15) is 0 Å². The molecule has 126 valence electrons. The van der Waals surface area contributed by atoms with Crippen molar-refractivity contribution in [2.45, 2.75) is 40.2 Å². The summed E-state index contributed by atoms with van der Waals surface area (Å²) in [5, 5.41) is 8.60. The molecule has 0 aromatic carbocycles. The van der Waals surface area contributed by atoms with Gasteiger partial charge in [0.25, 0.3) is 0 Å². The average molecular weight is 342 g/mol. The molecule has 0 radical (unpaired) electrons. The molecule has 0 aliphatic rings. The van der Waals surface area contributed by atoms with Crippen LogP contribution in [0.25, 0.3) is 5.65 Å². The third-order valence-electron chi connectivity index (χ3n) is 4.30. The Hall–Kier alpha value is -2.21. The standard InChI is InChI=1S/C18H22N4OS/c1-12-9-17-19-13(2)16(14(3)22(17)20-12)5-6-18(23)21(4)10-15-7-8-24-11-15/h7-9,11H,5-6,10H2,1-4H3. The van der Waals surface area contributed by atoms with Gasteiger partial charge in [-0.2, -0.15) is 16.4 Å². The molecule has 0 aliphatic carbocycles. The van der Waals surface area contributed by atoms with Crippen LogP contribution in [0.15, 0.2) is 22.9 Å². The monoisotopic (exact) mass is 342 g/mol.